The van der Waals surface area contributed by atoms with E-state index in [-0.39, 0.29) is 29.7 Å². The van der Waals surface area contributed by atoms with Gasteiger partial charge in [-0.1, -0.05) is 18.2 Å². The van der Waals surface area contributed by atoms with E-state index < -0.39 is 5.41 Å². The van der Waals surface area contributed by atoms with Crippen molar-refractivity contribution in [1.82, 2.24) is 0 Å². The predicted octanol–water partition coefficient (Wildman–Crippen LogP) is 1.47. The summed E-state index contributed by atoms with van der Waals surface area (Å²) in [7, 11) is 2.83. The van der Waals surface area contributed by atoms with E-state index in [1.54, 1.807) is 0 Å². The number of rotatable bonds is 2. The molecule has 18 heavy (non-hydrogen) atoms. The van der Waals surface area contributed by atoms with Crippen molar-refractivity contribution >= 4 is 11.9 Å². The molecule has 0 unspecified atom stereocenters. The average molecular weight is 248 g/mol. The Balaban J connectivity index is 2.01. The van der Waals surface area contributed by atoms with Crippen LogP contribution in [-0.2, 0) is 19.1 Å². The summed E-state index contributed by atoms with van der Waals surface area (Å²) < 4.78 is 9.79. The Morgan fingerprint density at radius 2 is 2.11 bits per heavy atom. The van der Waals surface area contributed by atoms with Crippen LogP contribution in [0.2, 0.25) is 0 Å². The fourth-order valence-corrected chi connectivity index (χ4v) is 4.03. The molecule has 3 rings (SSSR count). The van der Waals surface area contributed by atoms with Crippen molar-refractivity contribution in [3.63, 3.8) is 0 Å². The number of esters is 2. The Morgan fingerprint density at radius 3 is 2.78 bits per heavy atom. The van der Waals surface area contributed by atoms with Crippen LogP contribution in [0.15, 0.2) is 23.8 Å². The Labute approximate surface area is 106 Å². The second kappa shape index (κ2) is 3.70. The Bertz CT molecular complexity index is 476. The monoisotopic (exact) mass is 248 g/mol. The molecular weight excluding hydrogens is 232 g/mol. The largest absolute Gasteiger partial charge is 0.468 e. The highest BCUT2D eigenvalue weighted by atomic mass is 16.5. The van der Waals surface area contributed by atoms with Gasteiger partial charge < -0.3 is 9.47 Å². The number of carbonyl (C=O) groups is 2. The van der Waals surface area contributed by atoms with Crippen LogP contribution in [0.5, 0.6) is 0 Å². The minimum absolute atomic E-state index is 0.0767. The Morgan fingerprint density at radius 1 is 1.33 bits per heavy atom. The molecule has 4 nitrogen and oxygen atoms in total. The van der Waals surface area contributed by atoms with Gasteiger partial charge in [-0.25, -0.2) is 4.79 Å². The van der Waals surface area contributed by atoms with Gasteiger partial charge in [-0.2, -0.15) is 0 Å². The van der Waals surface area contributed by atoms with Gasteiger partial charge in [0.25, 0.3) is 0 Å². The van der Waals surface area contributed by atoms with Crippen molar-refractivity contribution in [2.75, 3.05) is 14.2 Å². The SMILES string of the molecule is COC(=O)C1=C[C@@H]2C[C@H]1[C@@H]1CC=C[C@]21C(=O)OC. The van der Waals surface area contributed by atoms with Crippen LogP contribution in [0.3, 0.4) is 0 Å². The standard InChI is InChI=1S/C14H16O4/c1-17-12(15)10-7-8-6-9(10)11-4-3-5-14(8,11)13(16)18-2/h3,5,7-9,11H,4,6H2,1-2H3/t8-,9+,11-,14-/m0/s1. The Hall–Kier alpha value is -1.58. The van der Waals surface area contributed by atoms with Gasteiger partial charge in [-0.3, -0.25) is 4.79 Å². The van der Waals surface area contributed by atoms with Gasteiger partial charge in [0.05, 0.1) is 19.6 Å². The number of allylic oxidation sites excluding steroid dienone is 2. The summed E-state index contributed by atoms with van der Waals surface area (Å²) in [5, 5.41) is 0. The highest BCUT2D eigenvalue weighted by Crippen LogP contribution is 2.63. The third-order valence-electron chi connectivity index (χ3n) is 4.74. The van der Waals surface area contributed by atoms with Crippen LogP contribution in [0.25, 0.3) is 0 Å². The van der Waals surface area contributed by atoms with Crippen molar-refractivity contribution < 1.29 is 19.1 Å². The molecule has 0 N–H and O–H groups in total. The van der Waals surface area contributed by atoms with Gasteiger partial charge >= 0.3 is 11.9 Å². The lowest BCUT2D eigenvalue weighted by molar-refractivity contribution is -0.153. The van der Waals surface area contributed by atoms with Gasteiger partial charge in [-0.05, 0) is 30.6 Å². The predicted molar refractivity (Wildman–Crippen MR) is 63.4 cm³/mol. The average Bonchev–Trinajstić information content (AvgIpc) is 3.06. The number of hydrogen-bond acceptors (Lipinski definition) is 4. The molecule has 0 aromatic heterocycles. The zero-order chi connectivity index (χ0) is 12.9. The summed E-state index contributed by atoms with van der Waals surface area (Å²) in [6, 6.07) is 0. The third-order valence-corrected chi connectivity index (χ3v) is 4.74. The topological polar surface area (TPSA) is 52.6 Å². The second-order valence-electron chi connectivity index (χ2n) is 5.23. The van der Waals surface area contributed by atoms with E-state index in [0.717, 1.165) is 18.4 Å². The molecule has 3 aliphatic carbocycles. The van der Waals surface area contributed by atoms with E-state index in [2.05, 4.69) is 0 Å². The summed E-state index contributed by atoms with van der Waals surface area (Å²) in [6.07, 6.45) is 7.63. The molecule has 0 aliphatic heterocycles. The van der Waals surface area contributed by atoms with Crippen LogP contribution in [0, 0.1) is 23.2 Å². The molecular formula is C14H16O4. The van der Waals surface area contributed by atoms with E-state index in [1.807, 2.05) is 18.2 Å². The zero-order valence-corrected chi connectivity index (χ0v) is 10.5. The molecule has 0 aromatic rings. The highest BCUT2D eigenvalue weighted by Gasteiger charge is 2.63. The normalized spacial score (nSPS) is 39.4. The van der Waals surface area contributed by atoms with Crippen LogP contribution < -0.4 is 0 Å². The number of carbonyl (C=O) groups excluding carboxylic acids is 2. The molecule has 0 saturated heterocycles. The number of ether oxygens (including phenoxy) is 2. The first-order valence-corrected chi connectivity index (χ1v) is 6.21. The summed E-state index contributed by atoms with van der Waals surface area (Å²) >= 11 is 0. The molecule has 4 heteroatoms. The quantitative estimate of drug-likeness (QED) is 0.548. The van der Waals surface area contributed by atoms with Crippen molar-refractivity contribution in [3.8, 4) is 0 Å². The number of methoxy groups -OCH3 is 2. The fraction of sp³-hybridized carbons (Fsp3) is 0.571. The summed E-state index contributed by atoms with van der Waals surface area (Å²) in [5.41, 5.74) is 0.215. The van der Waals surface area contributed by atoms with Gasteiger partial charge in [0.15, 0.2) is 0 Å². The minimum atomic E-state index is -0.531. The van der Waals surface area contributed by atoms with Gasteiger partial charge in [-0.15, -0.1) is 0 Å². The maximum Gasteiger partial charge on any atom is 0.333 e. The molecule has 0 aromatic carbocycles. The maximum absolute atomic E-state index is 12.1. The summed E-state index contributed by atoms with van der Waals surface area (Å²) in [4.78, 5) is 23.8. The lowest BCUT2D eigenvalue weighted by Gasteiger charge is -2.34. The van der Waals surface area contributed by atoms with E-state index in [0.29, 0.717) is 0 Å². The third kappa shape index (κ3) is 1.15. The van der Waals surface area contributed by atoms with Crippen molar-refractivity contribution in [1.29, 1.82) is 0 Å². The Kier molecular flexibility index (Phi) is 2.37. The van der Waals surface area contributed by atoms with E-state index in [4.69, 9.17) is 9.47 Å². The van der Waals surface area contributed by atoms with E-state index in [1.165, 1.54) is 14.2 Å². The minimum Gasteiger partial charge on any atom is -0.468 e. The number of hydrogen-bond donors (Lipinski definition) is 0. The van der Waals surface area contributed by atoms with Gasteiger partial charge in [0.1, 0.15) is 0 Å². The van der Waals surface area contributed by atoms with Crippen LogP contribution in [0.4, 0.5) is 0 Å². The van der Waals surface area contributed by atoms with Gasteiger partial charge in [0, 0.05) is 5.57 Å². The summed E-state index contributed by atoms with van der Waals surface area (Å²) in [5.74, 6) is -0.0554. The molecule has 0 amide bonds. The van der Waals surface area contributed by atoms with Crippen molar-refractivity contribution in [2.45, 2.75) is 12.8 Å². The molecule has 0 heterocycles. The van der Waals surface area contributed by atoms with E-state index >= 15 is 0 Å². The van der Waals surface area contributed by atoms with Crippen LogP contribution >= 0.6 is 0 Å². The lowest BCUT2D eigenvalue weighted by Crippen LogP contribution is -2.40. The van der Waals surface area contributed by atoms with Crippen molar-refractivity contribution in [3.05, 3.63) is 23.8 Å². The molecule has 3 aliphatic rings. The maximum atomic E-state index is 12.1. The number of fused-ring (bicyclic) bond motifs is 5. The fourth-order valence-electron chi connectivity index (χ4n) is 4.03. The summed E-state index contributed by atoms with van der Waals surface area (Å²) in [6.45, 7) is 0. The van der Waals surface area contributed by atoms with Crippen molar-refractivity contribution in [2.24, 2.45) is 23.2 Å². The first-order valence-electron chi connectivity index (χ1n) is 6.21. The molecule has 0 spiro atoms. The molecule has 0 radical (unpaired) electrons. The van der Waals surface area contributed by atoms with Gasteiger partial charge in [0.2, 0.25) is 0 Å². The smallest absolute Gasteiger partial charge is 0.333 e. The zero-order valence-electron chi connectivity index (χ0n) is 10.5. The lowest BCUT2D eigenvalue weighted by atomic mass is 9.69. The molecule has 1 saturated carbocycles. The first kappa shape index (κ1) is 11.5. The highest BCUT2D eigenvalue weighted by molar-refractivity contribution is 5.92. The van der Waals surface area contributed by atoms with E-state index in [9.17, 15) is 9.59 Å². The second-order valence-corrected chi connectivity index (χ2v) is 5.23. The van der Waals surface area contributed by atoms with Crippen LogP contribution in [0.1, 0.15) is 12.8 Å². The molecule has 96 valence electrons. The first-order chi connectivity index (χ1) is 8.65. The van der Waals surface area contributed by atoms with Crippen LogP contribution in [-0.4, -0.2) is 26.2 Å². The molecule has 4 atom stereocenters. The molecule has 1 fully saturated rings. The molecule has 2 bridgehead atoms.